The summed E-state index contributed by atoms with van der Waals surface area (Å²) in [4.78, 5) is 12.8. The molecule has 1 amide bonds. The first-order valence-corrected chi connectivity index (χ1v) is 8.71. The van der Waals surface area contributed by atoms with Gasteiger partial charge in [0.2, 0.25) is 5.91 Å². The number of rotatable bonds is 8. The van der Waals surface area contributed by atoms with Crippen molar-refractivity contribution in [2.24, 2.45) is 5.92 Å². The van der Waals surface area contributed by atoms with Crippen LogP contribution in [0.3, 0.4) is 0 Å². The minimum absolute atomic E-state index is 0.158. The first-order chi connectivity index (χ1) is 9.34. The van der Waals surface area contributed by atoms with Crippen LogP contribution in [0.5, 0.6) is 0 Å². The second-order valence-electron chi connectivity index (χ2n) is 4.55. The summed E-state index contributed by atoms with van der Waals surface area (Å²) in [5.41, 5.74) is 0. The number of amides is 1. The Morgan fingerprint density at radius 2 is 2.11 bits per heavy atom. The summed E-state index contributed by atoms with van der Waals surface area (Å²) < 4.78 is 0. The molecule has 2 N–H and O–H groups in total. The normalized spacial score (nSPS) is 14.9. The van der Waals surface area contributed by atoms with E-state index in [4.69, 9.17) is 0 Å². The second-order valence-corrected chi connectivity index (χ2v) is 6.75. The van der Waals surface area contributed by atoms with Gasteiger partial charge in [0.05, 0.1) is 5.75 Å². The van der Waals surface area contributed by atoms with Gasteiger partial charge in [-0.25, -0.2) is 0 Å². The molecule has 1 heterocycles. The van der Waals surface area contributed by atoms with E-state index in [9.17, 15) is 4.79 Å². The number of benzene rings is 1. The molecule has 104 valence electrons. The lowest BCUT2D eigenvalue weighted by atomic mass is 10.1. The quantitative estimate of drug-likeness (QED) is 0.567. The summed E-state index contributed by atoms with van der Waals surface area (Å²) >= 11 is 3.51. The minimum Gasteiger partial charge on any atom is -0.355 e. The molecule has 3 nitrogen and oxygen atoms in total. The highest BCUT2D eigenvalue weighted by atomic mass is 32.2. The average Bonchev–Trinajstić information content (AvgIpc) is 2.39. The number of carbonyl (C=O) groups excluding carboxylic acids is 1. The monoisotopic (exact) mass is 296 g/mol. The molecule has 1 aromatic rings. The number of hydrogen-bond acceptors (Lipinski definition) is 4. The predicted molar refractivity (Wildman–Crippen MR) is 83.9 cm³/mol. The Balaban J connectivity index is 1.47. The molecule has 19 heavy (non-hydrogen) atoms. The van der Waals surface area contributed by atoms with Gasteiger partial charge in [-0.2, -0.15) is 11.8 Å². The molecule has 0 aromatic heterocycles. The van der Waals surface area contributed by atoms with Crippen LogP contribution in [0.2, 0.25) is 0 Å². The Morgan fingerprint density at radius 3 is 2.79 bits per heavy atom. The van der Waals surface area contributed by atoms with Crippen molar-refractivity contribution in [2.75, 3.05) is 36.9 Å². The fourth-order valence-corrected chi connectivity index (χ4v) is 3.48. The summed E-state index contributed by atoms with van der Waals surface area (Å²) in [7, 11) is 0. The molecule has 0 atom stereocenters. The molecule has 1 fully saturated rings. The zero-order valence-corrected chi connectivity index (χ0v) is 12.6. The van der Waals surface area contributed by atoms with E-state index in [2.05, 4.69) is 22.8 Å². The van der Waals surface area contributed by atoms with Crippen LogP contribution in [0.4, 0.5) is 0 Å². The van der Waals surface area contributed by atoms with Crippen molar-refractivity contribution < 1.29 is 4.79 Å². The van der Waals surface area contributed by atoms with E-state index >= 15 is 0 Å². The molecule has 0 aliphatic carbocycles. The van der Waals surface area contributed by atoms with E-state index in [0.29, 0.717) is 5.75 Å². The molecule has 2 rings (SSSR count). The zero-order chi connectivity index (χ0) is 13.3. The Labute approximate surface area is 123 Å². The number of hydrogen-bond donors (Lipinski definition) is 2. The van der Waals surface area contributed by atoms with Gasteiger partial charge in [-0.3, -0.25) is 4.79 Å². The first kappa shape index (κ1) is 14.8. The standard InChI is InChI=1S/C14H20N2OS2/c17-14(11-18-10-12-8-15-9-12)16-6-7-19-13-4-2-1-3-5-13/h1-5,12,15H,6-11H2,(H,16,17). The van der Waals surface area contributed by atoms with E-state index in [1.807, 2.05) is 18.2 Å². The van der Waals surface area contributed by atoms with Gasteiger partial charge in [0.25, 0.3) is 0 Å². The van der Waals surface area contributed by atoms with Crippen molar-refractivity contribution >= 4 is 29.4 Å². The van der Waals surface area contributed by atoms with Crippen LogP contribution in [-0.2, 0) is 4.79 Å². The third-order valence-corrected chi connectivity index (χ3v) is 5.08. The van der Waals surface area contributed by atoms with Crippen LogP contribution in [0.25, 0.3) is 0 Å². The first-order valence-electron chi connectivity index (χ1n) is 6.57. The van der Waals surface area contributed by atoms with Gasteiger partial charge in [-0.05, 0) is 36.9 Å². The molecule has 0 saturated carbocycles. The molecule has 5 heteroatoms. The molecule has 0 bridgehead atoms. The minimum atomic E-state index is 0.158. The van der Waals surface area contributed by atoms with Gasteiger partial charge < -0.3 is 10.6 Å². The van der Waals surface area contributed by atoms with Crippen molar-refractivity contribution in [3.63, 3.8) is 0 Å². The van der Waals surface area contributed by atoms with Crippen LogP contribution in [0, 0.1) is 5.92 Å². The molecule has 0 unspecified atom stereocenters. The lowest BCUT2D eigenvalue weighted by Gasteiger charge is -2.26. The van der Waals surface area contributed by atoms with Crippen molar-refractivity contribution in [2.45, 2.75) is 4.90 Å². The molecule has 1 aromatic carbocycles. The Morgan fingerprint density at radius 1 is 1.32 bits per heavy atom. The lowest BCUT2D eigenvalue weighted by Crippen LogP contribution is -2.43. The topological polar surface area (TPSA) is 41.1 Å². The molecular formula is C14H20N2OS2. The van der Waals surface area contributed by atoms with Gasteiger partial charge in [0.15, 0.2) is 0 Å². The fraction of sp³-hybridized carbons (Fsp3) is 0.500. The van der Waals surface area contributed by atoms with Gasteiger partial charge in [0.1, 0.15) is 0 Å². The summed E-state index contributed by atoms with van der Waals surface area (Å²) in [5, 5.41) is 6.21. The highest BCUT2D eigenvalue weighted by Gasteiger charge is 2.16. The maximum Gasteiger partial charge on any atom is 0.230 e. The maximum atomic E-state index is 11.6. The SMILES string of the molecule is O=C(CSCC1CNC1)NCCSc1ccccc1. The summed E-state index contributed by atoms with van der Waals surface area (Å²) in [6, 6.07) is 10.3. The van der Waals surface area contributed by atoms with Gasteiger partial charge in [-0.1, -0.05) is 18.2 Å². The van der Waals surface area contributed by atoms with E-state index in [-0.39, 0.29) is 5.91 Å². The highest BCUT2D eigenvalue weighted by molar-refractivity contribution is 8.00. The van der Waals surface area contributed by atoms with Crippen molar-refractivity contribution in [1.82, 2.24) is 10.6 Å². The largest absolute Gasteiger partial charge is 0.355 e. The lowest BCUT2D eigenvalue weighted by molar-refractivity contribution is -0.118. The predicted octanol–water partition coefficient (Wildman–Crippen LogP) is 1.85. The van der Waals surface area contributed by atoms with Crippen LogP contribution in [0.1, 0.15) is 0 Å². The van der Waals surface area contributed by atoms with Gasteiger partial charge in [0, 0.05) is 17.2 Å². The molecule has 1 saturated heterocycles. The van der Waals surface area contributed by atoms with Crippen molar-refractivity contribution in [3.05, 3.63) is 30.3 Å². The van der Waals surface area contributed by atoms with Crippen LogP contribution < -0.4 is 10.6 Å². The van der Waals surface area contributed by atoms with E-state index in [1.165, 1.54) is 4.90 Å². The number of nitrogens with one attached hydrogen (secondary N) is 2. The molecule has 1 aliphatic heterocycles. The molecule has 1 aliphatic rings. The summed E-state index contributed by atoms with van der Waals surface area (Å²) in [5.74, 6) is 3.54. The average molecular weight is 296 g/mol. The van der Waals surface area contributed by atoms with Crippen LogP contribution >= 0.6 is 23.5 Å². The van der Waals surface area contributed by atoms with Crippen molar-refractivity contribution in [3.8, 4) is 0 Å². The summed E-state index contributed by atoms with van der Waals surface area (Å²) in [6.45, 7) is 2.97. The highest BCUT2D eigenvalue weighted by Crippen LogP contribution is 2.16. The van der Waals surface area contributed by atoms with Gasteiger partial charge >= 0.3 is 0 Å². The molecule has 0 radical (unpaired) electrons. The number of carbonyl (C=O) groups is 1. The second kappa shape index (κ2) is 8.51. The third-order valence-electron chi connectivity index (χ3n) is 2.89. The Bertz CT molecular complexity index is 382. The summed E-state index contributed by atoms with van der Waals surface area (Å²) in [6.07, 6.45) is 0. The van der Waals surface area contributed by atoms with Gasteiger partial charge in [-0.15, -0.1) is 11.8 Å². The maximum absolute atomic E-state index is 11.6. The number of thioether (sulfide) groups is 2. The Kier molecular flexibility index (Phi) is 6.61. The van der Waals surface area contributed by atoms with E-state index < -0.39 is 0 Å². The molecule has 0 spiro atoms. The molecular weight excluding hydrogens is 276 g/mol. The Hall–Kier alpha value is -0.650. The van der Waals surface area contributed by atoms with Crippen molar-refractivity contribution in [1.29, 1.82) is 0 Å². The zero-order valence-electron chi connectivity index (χ0n) is 10.9. The van der Waals surface area contributed by atoms with Crippen LogP contribution in [0.15, 0.2) is 35.2 Å². The van der Waals surface area contributed by atoms with E-state index in [1.54, 1.807) is 23.5 Å². The van der Waals surface area contributed by atoms with E-state index in [0.717, 1.165) is 37.1 Å². The smallest absolute Gasteiger partial charge is 0.230 e. The third kappa shape index (κ3) is 5.89. The van der Waals surface area contributed by atoms with Crippen LogP contribution in [-0.4, -0.2) is 42.8 Å². The fourth-order valence-electron chi connectivity index (χ4n) is 1.71.